The van der Waals surface area contributed by atoms with Crippen LogP contribution in [0, 0.1) is 28.4 Å². The molecule has 2 aromatic carbocycles. The molecule has 1 aliphatic rings. The molecule has 0 fully saturated rings. The van der Waals surface area contributed by atoms with E-state index in [4.69, 9.17) is 15.2 Å². The number of aryl methyl sites for hydroxylation is 1. The van der Waals surface area contributed by atoms with Crippen LogP contribution >= 0.6 is 0 Å². The van der Waals surface area contributed by atoms with Crippen molar-refractivity contribution in [2.75, 3.05) is 7.11 Å². The van der Waals surface area contributed by atoms with Crippen molar-refractivity contribution in [3.05, 3.63) is 86.9 Å². The summed E-state index contributed by atoms with van der Waals surface area (Å²) in [6.45, 7) is 1.79. The van der Waals surface area contributed by atoms with Crippen molar-refractivity contribution >= 4 is 5.69 Å². The van der Waals surface area contributed by atoms with E-state index in [1.807, 2.05) is 30.3 Å². The van der Waals surface area contributed by atoms with Crippen molar-refractivity contribution < 1.29 is 14.4 Å². The molecule has 4 rings (SSSR count). The Hall–Kier alpha value is -4.32. The number of ether oxygens (including phenoxy) is 2. The molecule has 9 nitrogen and oxygen atoms in total. The molecule has 1 aliphatic heterocycles. The number of nitriles is 1. The number of nitro groups is 1. The van der Waals surface area contributed by atoms with Gasteiger partial charge in [0.15, 0.2) is 5.75 Å². The second-order valence-corrected chi connectivity index (χ2v) is 6.66. The molecule has 1 aromatic heterocycles. The Balaban J connectivity index is 1.96. The highest BCUT2D eigenvalue weighted by molar-refractivity contribution is 5.60. The van der Waals surface area contributed by atoms with Gasteiger partial charge in [-0.05, 0) is 30.7 Å². The molecule has 0 radical (unpaired) electrons. The second-order valence-electron chi connectivity index (χ2n) is 6.66. The first-order valence-electron chi connectivity index (χ1n) is 9.01. The molecule has 2 N–H and O–H groups in total. The number of benzene rings is 2. The number of para-hydroxylation sites is 1. The number of allylic oxidation sites excluding steroid dienone is 1. The summed E-state index contributed by atoms with van der Waals surface area (Å²) in [7, 11) is 1.36. The maximum atomic E-state index is 11.5. The van der Waals surface area contributed by atoms with E-state index in [1.54, 1.807) is 17.7 Å². The average molecular weight is 403 g/mol. The Morgan fingerprint density at radius 1 is 1.30 bits per heavy atom. The zero-order valence-electron chi connectivity index (χ0n) is 16.2. The summed E-state index contributed by atoms with van der Waals surface area (Å²) in [5.41, 5.74) is 8.57. The van der Waals surface area contributed by atoms with Gasteiger partial charge in [0.25, 0.3) is 0 Å². The van der Waals surface area contributed by atoms with E-state index in [0.717, 1.165) is 5.69 Å². The minimum atomic E-state index is -0.666. The number of fused-ring (bicyclic) bond motifs is 1. The fourth-order valence-corrected chi connectivity index (χ4v) is 3.62. The molecule has 0 bridgehead atoms. The van der Waals surface area contributed by atoms with Gasteiger partial charge < -0.3 is 15.2 Å². The first-order chi connectivity index (χ1) is 14.5. The molecular formula is C21H17N5O4. The fraction of sp³-hybridized carbons (Fsp3) is 0.143. The smallest absolute Gasteiger partial charge is 0.311 e. The SMILES string of the molecule is COc1ccc([C@H]2C(C#N)=C(N)Oc3c2c(C)nn3-c2ccccc2)cc1[N+](=O)[O-]. The van der Waals surface area contributed by atoms with Gasteiger partial charge in [-0.15, -0.1) is 0 Å². The average Bonchev–Trinajstić information content (AvgIpc) is 3.08. The molecule has 0 spiro atoms. The van der Waals surface area contributed by atoms with Gasteiger partial charge in [-0.1, -0.05) is 24.3 Å². The van der Waals surface area contributed by atoms with Crippen LogP contribution in [0.3, 0.4) is 0 Å². The normalized spacial score (nSPS) is 15.2. The van der Waals surface area contributed by atoms with E-state index < -0.39 is 10.8 Å². The molecule has 30 heavy (non-hydrogen) atoms. The number of methoxy groups -OCH3 is 1. The van der Waals surface area contributed by atoms with Crippen LogP contribution in [0.4, 0.5) is 5.69 Å². The molecule has 1 atom stereocenters. The lowest BCUT2D eigenvalue weighted by Crippen LogP contribution is -2.22. The molecule has 0 saturated carbocycles. The van der Waals surface area contributed by atoms with Crippen LogP contribution in [0.5, 0.6) is 11.6 Å². The monoisotopic (exact) mass is 403 g/mol. The van der Waals surface area contributed by atoms with Crippen LogP contribution in [0.15, 0.2) is 60.0 Å². The summed E-state index contributed by atoms with van der Waals surface area (Å²) in [4.78, 5) is 11.0. The lowest BCUT2D eigenvalue weighted by atomic mass is 9.84. The summed E-state index contributed by atoms with van der Waals surface area (Å²) < 4.78 is 12.5. The largest absolute Gasteiger partial charge is 0.490 e. The van der Waals surface area contributed by atoms with Gasteiger partial charge in [0.2, 0.25) is 11.8 Å². The number of hydrogen-bond donors (Lipinski definition) is 1. The standard InChI is InChI=1S/C21H17N5O4/c1-12-18-19(13-8-9-17(29-2)16(10-13)26(27)28)15(11-22)20(23)30-21(18)25(24-12)14-6-4-3-5-7-14/h3-10,19H,23H2,1-2H3/t19-/m0/s1. The minimum absolute atomic E-state index is 0.0643. The van der Waals surface area contributed by atoms with Crippen molar-refractivity contribution in [3.63, 3.8) is 0 Å². The van der Waals surface area contributed by atoms with E-state index in [-0.39, 0.29) is 22.9 Å². The van der Waals surface area contributed by atoms with Crippen molar-refractivity contribution in [3.8, 4) is 23.4 Å². The number of nitrogens with zero attached hydrogens (tertiary/aromatic N) is 4. The fourth-order valence-electron chi connectivity index (χ4n) is 3.62. The van der Waals surface area contributed by atoms with Crippen molar-refractivity contribution in [2.45, 2.75) is 12.8 Å². The maximum Gasteiger partial charge on any atom is 0.311 e. The predicted octanol–water partition coefficient (Wildman–Crippen LogP) is 3.32. The van der Waals surface area contributed by atoms with E-state index in [0.29, 0.717) is 22.7 Å². The quantitative estimate of drug-likeness (QED) is 0.522. The molecule has 3 aromatic rings. The summed E-state index contributed by atoms with van der Waals surface area (Å²) >= 11 is 0. The van der Waals surface area contributed by atoms with Gasteiger partial charge in [-0.25, -0.2) is 4.68 Å². The van der Waals surface area contributed by atoms with Crippen LogP contribution in [0.2, 0.25) is 0 Å². The lowest BCUT2D eigenvalue weighted by Gasteiger charge is -2.25. The van der Waals surface area contributed by atoms with Crippen LogP contribution < -0.4 is 15.2 Å². The zero-order valence-corrected chi connectivity index (χ0v) is 16.2. The predicted molar refractivity (Wildman–Crippen MR) is 107 cm³/mol. The van der Waals surface area contributed by atoms with Crippen molar-refractivity contribution in [1.29, 1.82) is 5.26 Å². The number of aromatic nitrogens is 2. The van der Waals surface area contributed by atoms with Gasteiger partial charge in [0.1, 0.15) is 11.6 Å². The Kier molecular flexibility index (Phi) is 4.60. The first kappa shape index (κ1) is 19.0. The van der Waals surface area contributed by atoms with Gasteiger partial charge in [-0.2, -0.15) is 10.4 Å². The maximum absolute atomic E-state index is 11.5. The highest BCUT2D eigenvalue weighted by atomic mass is 16.6. The molecule has 0 unspecified atom stereocenters. The molecule has 0 aliphatic carbocycles. The van der Waals surface area contributed by atoms with Crippen LogP contribution in [0.25, 0.3) is 5.69 Å². The van der Waals surface area contributed by atoms with Gasteiger partial charge in [-0.3, -0.25) is 10.1 Å². The van der Waals surface area contributed by atoms with Crippen molar-refractivity contribution in [2.24, 2.45) is 5.73 Å². The van der Waals surface area contributed by atoms with E-state index in [1.165, 1.54) is 19.2 Å². The van der Waals surface area contributed by atoms with Gasteiger partial charge >= 0.3 is 5.69 Å². The van der Waals surface area contributed by atoms with E-state index >= 15 is 0 Å². The Morgan fingerprint density at radius 3 is 2.67 bits per heavy atom. The Morgan fingerprint density at radius 2 is 2.03 bits per heavy atom. The Bertz CT molecular complexity index is 1220. The zero-order chi connectivity index (χ0) is 21.4. The third-order valence-corrected chi connectivity index (χ3v) is 4.97. The summed E-state index contributed by atoms with van der Waals surface area (Å²) in [5.74, 6) is -0.228. The van der Waals surface area contributed by atoms with Crippen molar-refractivity contribution in [1.82, 2.24) is 9.78 Å². The van der Waals surface area contributed by atoms with Crippen LogP contribution in [-0.2, 0) is 0 Å². The number of nitro benzene ring substituents is 1. The topological polar surface area (TPSA) is 129 Å². The lowest BCUT2D eigenvalue weighted by molar-refractivity contribution is -0.385. The molecular weight excluding hydrogens is 386 g/mol. The third-order valence-electron chi connectivity index (χ3n) is 4.97. The Labute approximate surface area is 171 Å². The third kappa shape index (κ3) is 2.91. The minimum Gasteiger partial charge on any atom is -0.490 e. The molecule has 0 amide bonds. The van der Waals surface area contributed by atoms with Crippen LogP contribution in [0.1, 0.15) is 22.7 Å². The molecule has 9 heteroatoms. The summed E-state index contributed by atoms with van der Waals surface area (Å²) in [5, 5.41) is 25.8. The molecule has 150 valence electrons. The first-order valence-corrected chi connectivity index (χ1v) is 9.01. The second kappa shape index (κ2) is 7.25. The highest BCUT2D eigenvalue weighted by Gasteiger charge is 2.37. The highest BCUT2D eigenvalue weighted by Crippen LogP contribution is 2.46. The van der Waals surface area contributed by atoms with Gasteiger partial charge in [0, 0.05) is 6.07 Å². The van der Waals surface area contributed by atoms with E-state index in [2.05, 4.69) is 11.2 Å². The molecule has 0 saturated heterocycles. The van der Waals surface area contributed by atoms with Crippen LogP contribution in [-0.4, -0.2) is 21.8 Å². The number of nitrogens with two attached hydrogens (primary N) is 1. The van der Waals surface area contributed by atoms with Gasteiger partial charge in [0.05, 0.1) is 34.9 Å². The number of rotatable bonds is 4. The summed E-state index contributed by atoms with van der Waals surface area (Å²) in [6.07, 6.45) is 0. The van der Waals surface area contributed by atoms with E-state index in [9.17, 15) is 15.4 Å². The number of hydrogen-bond acceptors (Lipinski definition) is 7. The summed E-state index contributed by atoms with van der Waals surface area (Å²) in [6, 6.07) is 16.0. The molecule has 2 heterocycles.